The quantitative estimate of drug-likeness (QED) is 0.106. The molecule has 33 heavy (non-hydrogen) atoms. The van der Waals surface area contributed by atoms with Gasteiger partial charge in [-0.15, -0.1) is 11.6 Å². The molecule has 192 valence electrons. The second-order valence-corrected chi connectivity index (χ2v) is 11.2. The first-order valence-electron chi connectivity index (χ1n) is 14.3. The highest BCUT2D eigenvalue weighted by atomic mass is 35.5. The average molecular weight is 479 g/mol. The van der Waals surface area contributed by atoms with Gasteiger partial charge in [0.15, 0.2) is 0 Å². The zero-order valence-corrected chi connectivity index (χ0v) is 23.0. The lowest BCUT2D eigenvalue weighted by Gasteiger charge is -2.20. The lowest BCUT2D eigenvalue weighted by atomic mass is 9.89. The molecule has 1 aromatic carbocycles. The molecule has 0 radical (unpaired) electrons. The van der Waals surface area contributed by atoms with Gasteiger partial charge in [0.1, 0.15) is 0 Å². The molecule has 0 aromatic heterocycles. The summed E-state index contributed by atoms with van der Waals surface area (Å²) in [5.74, 6) is 0.791. The first-order valence-corrected chi connectivity index (χ1v) is 14.9. The van der Waals surface area contributed by atoms with Crippen molar-refractivity contribution < 1.29 is 4.74 Å². The zero-order valence-electron chi connectivity index (χ0n) is 22.2. The fraction of sp³-hybridized carbons (Fsp3) is 0.806. The van der Waals surface area contributed by atoms with Crippen molar-refractivity contribution in [3.63, 3.8) is 0 Å². The maximum Gasteiger partial charge on any atom is 0.0716 e. The van der Waals surface area contributed by atoms with Gasteiger partial charge in [0.05, 0.1) is 6.61 Å². The molecule has 0 heterocycles. The van der Waals surface area contributed by atoms with E-state index in [1.807, 2.05) is 0 Å². The summed E-state index contributed by atoms with van der Waals surface area (Å²) in [4.78, 5) is 0. The highest BCUT2D eigenvalue weighted by Crippen LogP contribution is 2.25. The Kier molecular flexibility index (Phi) is 20.3. The van der Waals surface area contributed by atoms with Crippen LogP contribution in [0.3, 0.4) is 0 Å². The van der Waals surface area contributed by atoms with Crippen molar-refractivity contribution in [2.45, 2.75) is 142 Å². The Hall–Kier alpha value is -0.530. The predicted molar refractivity (Wildman–Crippen MR) is 148 cm³/mol. The van der Waals surface area contributed by atoms with E-state index in [-0.39, 0.29) is 0 Å². The lowest BCUT2D eigenvalue weighted by molar-refractivity contribution is 0.116. The van der Waals surface area contributed by atoms with E-state index in [4.69, 9.17) is 16.3 Å². The van der Waals surface area contributed by atoms with Gasteiger partial charge in [-0.3, -0.25) is 0 Å². The molecule has 0 aliphatic carbocycles. The maximum absolute atomic E-state index is 6.00. The van der Waals surface area contributed by atoms with E-state index >= 15 is 0 Å². The number of ether oxygens (including phenoxy) is 1. The Morgan fingerprint density at radius 2 is 0.970 bits per heavy atom. The van der Waals surface area contributed by atoms with Crippen LogP contribution in [-0.2, 0) is 11.3 Å². The Morgan fingerprint density at radius 3 is 1.39 bits per heavy atom. The third kappa shape index (κ3) is 20.5. The van der Waals surface area contributed by atoms with Crippen LogP contribution < -0.4 is 0 Å². The number of benzene rings is 1. The van der Waals surface area contributed by atoms with Gasteiger partial charge in [0.2, 0.25) is 0 Å². The van der Waals surface area contributed by atoms with Crippen LogP contribution in [-0.4, -0.2) is 12.5 Å². The molecular formula is C31H55ClO. The molecule has 0 spiro atoms. The topological polar surface area (TPSA) is 9.23 Å². The predicted octanol–water partition coefficient (Wildman–Crippen LogP) is 10.9. The highest BCUT2D eigenvalue weighted by Gasteiger charge is 2.14. The van der Waals surface area contributed by atoms with Crippen LogP contribution in [0, 0.1) is 5.41 Å². The van der Waals surface area contributed by atoms with Gasteiger partial charge in [-0.25, -0.2) is 0 Å². The Bertz CT molecular complexity index is 513. The number of unbranched alkanes of at least 4 members (excludes halogenated alkanes) is 17. The molecule has 0 atom stereocenters. The van der Waals surface area contributed by atoms with E-state index < -0.39 is 0 Å². The average Bonchev–Trinajstić information content (AvgIpc) is 2.83. The van der Waals surface area contributed by atoms with Crippen molar-refractivity contribution in [1.29, 1.82) is 0 Å². The Morgan fingerprint density at radius 1 is 0.576 bits per heavy atom. The van der Waals surface area contributed by atoms with Gasteiger partial charge < -0.3 is 4.74 Å². The summed E-state index contributed by atoms with van der Waals surface area (Å²) in [5.41, 5.74) is 1.61. The van der Waals surface area contributed by atoms with Crippen molar-refractivity contribution in [3.05, 3.63) is 35.9 Å². The second kappa shape index (κ2) is 22.0. The summed E-state index contributed by atoms with van der Waals surface area (Å²) >= 11 is 6.00. The van der Waals surface area contributed by atoms with Gasteiger partial charge in [-0.2, -0.15) is 0 Å². The van der Waals surface area contributed by atoms with Crippen LogP contribution in [0.1, 0.15) is 141 Å². The molecule has 0 amide bonds. The summed E-state index contributed by atoms with van der Waals surface area (Å²) in [6.07, 6.45) is 26.6. The zero-order chi connectivity index (χ0) is 23.9. The monoisotopic (exact) mass is 478 g/mol. The minimum absolute atomic E-state index is 0.333. The molecule has 0 saturated heterocycles. The third-order valence-corrected chi connectivity index (χ3v) is 7.59. The number of hydrogen-bond acceptors (Lipinski definition) is 1. The van der Waals surface area contributed by atoms with Crippen LogP contribution in [0.5, 0.6) is 0 Å². The molecule has 1 aromatic rings. The summed E-state index contributed by atoms with van der Waals surface area (Å²) < 4.78 is 5.76. The van der Waals surface area contributed by atoms with Gasteiger partial charge in [0, 0.05) is 12.5 Å². The molecule has 0 aliphatic rings. The first-order chi connectivity index (χ1) is 16.1. The van der Waals surface area contributed by atoms with Crippen LogP contribution >= 0.6 is 11.6 Å². The third-order valence-electron chi connectivity index (χ3n) is 6.87. The van der Waals surface area contributed by atoms with E-state index in [2.05, 4.69) is 44.2 Å². The SMILES string of the molecule is CC(C)(CCl)CCCCCCCCCCCCCCCCCCCCOCc1ccccc1. The van der Waals surface area contributed by atoms with E-state index in [0.29, 0.717) is 5.41 Å². The number of hydrogen-bond donors (Lipinski definition) is 0. The molecule has 0 saturated carbocycles. The minimum atomic E-state index is 0.333. The first kappa shape index (κ1) is 30.5. The van der Waals surface area contributed by atoms with Crippen molar-refractivity contribution in [3.8, 4) is 0 Å². The van der Waals surface area contributed by atoms with Gasteiger partial charge in [0.25, 0.3) is 0 Å². The fourth-order valence-corrected chi connectivity index (χ4v) is 4.60. The Balaban J connectivity index is 1.68. The van der Waals surface area contributed by atoms with E-state index in [1.54, 1.807) is 0 Å². The van der Waals surface area contributed by atoms with Gasteiger partial charge in [-0.05, 0) is 23.8 Å². The number of halogens is 1. The molecule has 1 nitrogen and oxygen atoms in total. The molecular weight excluding hydrogens is 424 g/mol. The van der Waals surface area contributed by atoms with Crippen LogP contribution in [0.25, 0.3) is 0 Å². The summed E-state index contributed by atoms with van der Waals surface area (Å²) in [7, 11) is 0. The van der Waals surface area contributed by atoms with Crippen molar-refractivity contribution >= 4 is 11.6 Å². The van der Waals surface area contributed by atoms with E-state index in [1.165, 1.54) is 128 Å². The smallest absolute Gasteiger partial charge is 0.0716 e. The maximum atomic E-state index is 6.00. The van der Waals surface area contributed by atoms with Crippen LogP contribution in [0.15, 0.2) is 30.3 Å². The fourth-order valence-electron chi connectivity index (χ4n) is 4.47. The summed E-state index contributed by atoms with van der Waals surface area (Å²) in [6.45, 7) is 6.23. The normalized spacial score (nSPS) is 11.8. The molecule has 0 aliphatic heterocycles. The van der Waals surface area contributed by atoms with Crippen molar-refractivity contribution in [1.82, 2.24) is 0 Å². The van der Waals surface area contributed by atoms with Crippen LogP contribution in [0.4, 0.5) is 0 Å². The van der Waals surface area contributed by atoms with Crippen molar-refractivity contribution in [2.24, 2.45) is 5.41 Å². The lowest BCUT2D eigenvalue weighted by Crippen LogP contribution is -2.12. The number of rotatable bonds is 24. The Labute approximate surface area is 212 Å². The largest absolute Gasteiger partial charge is 0.377 e. The second-order valence-electron chi connectivity index (χ2n) is 10.9. The highest BCUT2D eigenvalue weighted by molar-refractivity contribution is 6.18. The molecule has 1 rings (SSSR count). The summed E-state index contributed by atoms with van der Waals surface area (Å²) in [6, 6.07) is 10.5. The van der Waals surface area contributed by atoms with Crippen molar-refractivity contribution in [2.75, 3.05) is 12.5 Å². The van der Waals surface area contributed by atoms with Gasteiger partial charge >= 0.3 is 0 Å². The molecule has 0 unspecified atom stereocenters. The van der Waals surface area contributed by atoms with Gasteiger partial charge in [-0.1, -0.05) is 153 Å². The molecule has 2 heteroatoms. The van der Waals surface area contributed by atoms with E-state index in [9.17, 15) is 0 Å². The van der Waals surface area contributed by atoms with Crippen LogP contribution in [0.2, 0.25) is 0 Å². The number of alkyl halides is 1. The minimum Gasteiger partial charge on any atom is -0.377 e. The summed E-state index contributed by atoms with van der Waals surface area (Å²) in [5, 5.41) is 0. The van der Waals surface area contributed by atoms with E-state index in [0.717, 1.165) is 19.1 Å². The molecule has 0 N–H and O–H groups in total. The standard InChI is InChI=1S/C31H55ClO/c1-31(2,29-32)26-22-17-15-13-11-9-7-5-3-4-6-8-10-12-14-16-18-23-27-33-28-30-24-20-19-21-25-30/h19-21,24-25H,3-18,22-23,26-29H2,1-2H3. The molecule has 0 fully saturated rings. The molecule has 0 bridgehead atoms.